The molecule has 3 aromatic heterocycles. The Morgan fingerprint density at radius 3 is 2.00 bits per heavy atom. The molecule has 10 rings (SSSR count). The maximum Gasteiger partial charge on any atom is 0.143 e. The first kappa shape index (κ1) is 17.9. The van der Waals surface area contributed by atoms with Gasteiger partial charge in [0.05, 0.1) is 44.1 Å². The highest BCUT2D eigenvalue weighted by Crippen LogP contribution is 2.42. The van der Waals surface area contributed by atoms with Crippen molar-refractivity contribution in [3.05, 3.63) is 158 Å². The number of nitrogens with zero attached hydrogens (tertiary/aromatic N) is 2. The van der Waals surface area contributed by atoms with Crippen LogP contribution >= 0.6 is 0 Å². The molecule has 45 heavy (non-hydrogen) atoms. The fraction of sp³-hybridized carbons (Fsp3) is 0. The first-order valence-electron chi connectivity index (χ1n) is 18.7. The monoisotopic (exact) mass is 582 g/mol. The third-order valence-corrected chi connectivity index (χ3v) is 8.77. The van der Waals surface area contributed by atoms with Gasteiger partial charge in [-0.2, -0.15) is 0 Å². The molecule has 3 nitrogen and oxygen atoms in total. The minimum Gasteiger partial charge on any atom is -0.455 e. The van der Waals surface area contributed by atoms with Crippen LogP contribution in [0.2, 0.25) is 0 Å². The van der Waals surface area contributed by atoms with Gasteiger partial charge in [0.2, 0.25) is 0 Å². The molecule has 210 valence electrons. The summed E-state index contributed by atoms with van der Waals surface area (Å²) in [6.07, 6.45) is 0. The van der Waals surface area contributed by atoms with Crippen molar-refractivity contribution in [3.8, 4) is 22.5 Å². The summed E-state index contributed by atoms with van der Waals surface area (Å²) in [6, 6.07) is 32.9. The second-order valence-electron chi connectivity index (χ2n) is 11.1. The average molecular weight is 583 g/mol. The van der Waals surface area contributed by atoms with E-state index in [1.165, 1.54) is 0 Å². The Hall–Kier alpha value is -6.06. The van der Waals surface area contributed by atoms with Crippen LogP contribution in [0.4, 0.5) is 0 Å². The number of rotatable bonds is 3. The third-order valence-electron chi connectivity index (χ3n) is 8.77. The van der Waals surface area contributed by atoms with E-state index in [1.807, 2.05) is 72.8 Å². The molecule has 7 aromatic carbocycles. The molecule has 0 N–H and O–H groups in total. The SMILES string of the molecule is [2H]c1c([2H])c([2H])c2c(c1[2H])c1c([2H])c([2H])c([2H])c([2H])c1n2-c1ccc2c(c1)c1ccccc1n2-c1cccc2oc3c(-c4ccccc4)cccc3c12. The van der Waals surface area contributed by atoms with Crippen molar-refractivity contribution < 1.29 is 15.4 Å². The van der Waals surface area contributed by atoms with Gasteiger partial charge in [0.1, 0.15) is 11.2 Å². The normalized spacial score (nSPS) is 14.5. The number of hydrogen-bond donors (Lipinski definition) is 0. The Bertz CT molecular complexity index is 3140. The van der Waals surface area contributed by atoms with Gasteiger partial charge in [-0.25, -0.2) is 0 Å². The Morgan fingerprint density at radius 1 is 0.489 bits per heavy atom. The van der Waals surface area contributed by atoms with E-state index in [0.29, 0.717) is 5.69 Å². The van der Waals surface area contributed by atoms with Gasteiger partial charge in [0.15, 0.2) is 0 Å². The summed E-state index contributed by atoms with van der Waals surface area (Å²) in [5, 5.41) is 3.82. The predicted octanol–water partition coefficient (Wildman–Crippen LogP) is 11.4. The topological polar surface area (TPSA) is 23.0 Å². The molecule has 0 saturated carbocycles. The molecule has 0 bridgehead atoms. The van der Waals surface area contributed by atoms with Gasteiger partial charge in [-0.15, -0.1) is 0 Å². The Morgan fingerprint density at radius 2 is 1.18 bits per heavy atom. The fourth-order valence-electron chi connectivity index (χ4n) is 6.90. The van der Waals surface area contributed by atoms with Crippen LogP contribution < -0.4 is 0 Å². The number of furan rings is 1. The second kappa shape index (κ2) is 9.22. The number of fused-ring (bicyclic) bond motifs is 9. The Kier molecular flexibility index (Phi) is 3.67. The highest BCUT2D eigenvalue weighted by atomic mass is 16.3. The van der Waals surface area contributed by atoms with Gasteiger partial charge >= 0.3 is 0 Å². The van der Waals surface area contributed by atoms with E-state index >= 15 is 0 Å². The van der Waals surface area contributed by atoms with E-state index in [-0.39, 0.29) is 46.0 Å². The summed E-state index contributed by atoms with van der Waals surface area (Å²) in [4.78, 5) is 0. The quantitative estimate of drug-likeness (QED) is 0.203. The lowest BCUT2D eigenvalue weighted by molar-refractivity contribution is 0.670. The number of aromatic nitrogens is 2. The summed E-state index contributed by atoms with van der Waals surface area (Å²) in [6.45, 7) is 0. The molecule has 0 unspecified atom stereocenters. The van der Waals surface area contributed by atoms with Crippen LogP contribution in [0.1, 0.15) is 11.0 Å². The molecule has 3 heterocycles. The van der Waals surface area contributed by atoms with Crippen molar-refractivity contribution in [2.75, 3.05) is 0 Å². The first-order chi connectivity index (χ1) is 25.7. The predicted molar refractivity (Wildman–Crippen MR) is 188 cm³/mol. The summed E-state index contributed by atoms with van der Waals surface area (Å²) in [5.41, 5.74) is 7.01. The van der Waals surface area contributed by atoms with Crippen molar-refractivity contribution in [2.24, 2.45) is 0 Å². The van der Waals surface area contributed by atoms with Crippen molar-refractivity contribution in [3.63, 3.8) is 0 Å². The largest absolute Gasteiger partial charge is 0.455 e. The summed E-state index contributed by atoms with van der Waals surface area (Å²) in [5.74, 6) is 0. The van der Waals surface area contributed by atoms with Gasteiger partial charge < -0.3 is 13.6 Å². The molecule has 0 aliphatic carbocycles. The van der Waals surface area contributed by atoms with Crippen LogP contribution in [0, 0.1) is 0 Å². The zero-order chi connectivity index (χ0) is 36.4. The van der Waals surface area contributed by atoms with Crippen molar-refractivity contribution in [1.29, 1.82) is 0 Å². The zero-order valence-corrected chi connectivity index (χ0v) is 23.7. The van der Waals surface area contributed by atoms with E-state index in [9.17, 15) is 0 Å². The Labute approximate surface area is 270 Å². The number of para-hydroxylation sites is 4. The average Bonchev–Trinajstić information content (AvgIpc) is 3.86. The van der Waals surface area contributed by atoms with Crippen LogP contribution in [0.15, 0.2) is 162 Å². The van der Waals surface area contributed by atoms with Crippen LogP contribution in [0.25, 0.3) is 88.1 Å². The molecule has 0 radical (unpaired) electrons. The molecule has 0 aliphatic heterocycles. The number of hydrogen-bond acceptors (Lipinski definition) is 1. The molecule has 0 amide bonds. The zero-order valence-electron chi connectivity index (χ0n) is 31.7. The molecular formula is C42H26N2O. The minimum atomic E-state index is -0.468. The maximum atomic E-state index is 8.96. The van der Waals surface area contributed by atoms with Crippen LogP contribution in [0.3, 0.4) is 0 Å². The fourth-order valence-corrected chi connectivity index (χ4v) is 6.90. The van der Waals surface area contributed by atoms with Gasteiger partial charge in [0.25, 0.3) is 0 Å². The third kappa shape index (κ3) is 3.41. The van der Waals surface area contributed by atoms with Crippen molar-refractivity contribution >= 4 is 65.6 Å². The summed E-state index contributed by atoms with van der Waals surface area (Å²) >= 11 is 0. The second-order valence-corrected chi connectivity index (χ2v) is 11.1. The van der Waals surface area contributed by atoms with E-state index in [4.69, 9.17) is 15.4 Å². The molecule has 3 heteroatoms. The van der Waals surface area contributed by atoms with Crippen molar-refractivity contribution in [1.82, 2.24) is 9.13 Å². The van der Waals surface area contributed by atoms with Crippen LogP contribution in [0.5, 0.6) is 0 Å². The van der Waals surface area contributed by atoms with Gasteiger partial charge in [0, 0.05) is 38.2 Å². The van der Waals surface area contributed by atoms with Gasteiger partial charge in [-0.05, 0) is 54.0 Å². The van der Waals surface area contributed by atoms with Gasteiger partial charge in [-0.3, -0.25) is 0 Å². The minimum absolute atomic E-state index is 0.0499. The Balaban J connectivity index is 1.30. The standard InChI is InChI=1S/C42H26N2O/c1-2-12-27(13-3-1)29-17-10-18-33-41-39(22-11-23-40(41)45-42(29)33)44-37-21-9-6-16-32(37)34-26-28(24-25-38(34)44)43-35-19-7-4-14-30(35)31-15-5-8-20-36(31)43/h1-26H/i4D,5D,7D,8D,14D,15D,19D,20D. The lowest BCUT2D eigenvalue weighted by Gasteiger charge is -2.11. The summed E-state index contributed by atoms with van der Waals surface area (Å²) < 4.78 is 79.7. The highest BCUT2D eigenvalue weighted by molar-refractivity contribution is 6.17. The first-order valence-corrected chi connectivity index (χ1v) is 14.7. The summed E-state index contributed by atoms with van der Waals surface area (Å²) in [7, 11) is 0. The molecule has 0 atom stereocenters. The molecular weight excluding hydrogens is 548 g/mol. The van der Waals surface area contributed by atoms with E-state index in [1.54, 1.807) is 4.57 Å². The van der Waals surface area contributed by atoms with E-state index in [2.05, 4.69) is 41.0 Å². The molecule has 0 aliphatic rings. The van der Waals surface area contributed by atoms with Gasteiger partial charge in [-0.1, -0.05) is 109 Å². The molecule has 10 aromatic rings. The molecule has 0 saturated heterocycles. The maximum absolute atomic E-state index is 8.96. The van der Waals surface area contributed by atoms with Crippen molar-refractivity contribution in [2.45, 2.75) is 0 Å². The molecule has 0 spiro atoms. The van der Waals surface area contributed by atoms with Crippen LogP contribution in [-0.4, -0.2) is 9.13 Å². The highest BCUT2D eigenvalue weighted by Gasteiger charge is 2.20. The smallest absolute Gasteiger partial charge is 0.143 e. The lowest BCUT2D eigenvalue weighted by Crippen LogP contribution is -1.96. The van der Waals surface area contributed by atoms with E-state index in [0.717, 1.165) is 60.6 Å². The molecule has 0 fully saturated rings. The number of benzene rings is 7. The lowest BCUT2D eigenvalue weighted by atomic mass is 10.0. The van der Waals surface area contributed by atoms with Crippen LogP contribution in [-0.2, 0) is 0 Å². The van der Waals surface area contributed by atoms with E-state index < -0.39 is 24.2 Å².